The summed E-state index contributed by atoms with van der Waals surface area (Å²) in [6, 6.07) is 25.4. The van der Waals surface area contributed by atoms with Crippen LogP contribution in [0.4, 0.5) is 0 Å². The molecule has 1 atom stereocenters. The van der Waals surface area contributed by atoms with Gasteiger partial charge in [-0.25, -0.2) is 0 Å². The number of hydrogen-bond acceptors (Lipinski definition) is 2. The number of halogens is 1. The third-order valence-corrected chi connectivity index (χ3v) is 6.31. The summed E-state index contributed by atoms with van der Waals surface area (Å²) in [4.78, 5) is 29.0. The van der Waals surface area contributed by atoms with E-state index in [1.165, 1.54) is 5.56 Å². The molecule has 0 aliphatic carbocycles. The van der Waals surface area contributed by atoms with Crippen molar-refractivity contribution in [2.75, 3.05) is 0 Å². The monoisotopic (exact) mass is 534 g/mol. The molecule has 3 aromatic rings. The van der Waals surface area contributed by atoms with Crippen molar-refractivity contribution >= 4 is 27.7 Å². The van der Waals surface area contributed by atoms with Crippen LogP contribution in [0.25, 0.3) is 0 Å². The number of benzene rings is 3. The fraction of sp³-hybridized carbons (Fsp3) is 0.333. The van der Waals surface area contributed by atoms with Gasteiger partial charge in [0.25, 0.3) is 0 Å². The normalized spacial score (nSPS) is 12.1. The van der Waals surface area contributed by atoms with E-state index in [2.05, 4.69) is 52.4 Å². The lowest BCUT2D eigenvalue weighted by Crippen LogP contribution is -2.54. The first-order valence-corrected chi connectivity index (χ1v) is 12.9. The molecule has 0 fully saturated rings. The number of carbonyl (C=O) groups is 2. The van der Waals surface area contributed by atoms with Gasteiger partial charge in [0.15, 0.2) is 0 Å². The maximum Gasteiger partial charge on any atom is 0.243 e. The Balaban J connectivity index is 1.91. The molecule has 2 amide bonds. The molecule has 0 heterocycles. The Labute approximate surface area is 217 Å². The van der Waals surface area contributed by atoms with E-state index in [9.17, 15) is 9.59 Å². The van der Waals surface area contributed by atoms with Crippen LogP contribution >= 0.6 is 15.9 Å². The maximum absolute atomic E-state index is 13.7. The van der Waals surface area contributed by atoms with Gasteiger partial charge in [-0.1, -0.05) is 88.2 Å². The topological polar surface area (TPSA) is 49.4 Å². The molecule has 5 heteroatoms. The van der Waals surface area contributed by atoms with E-state index in [0.717, 1.165) is 21.2 Å². The summed E-state index contributed by atoms with van der Waals surface area (Å²) in [5.74, 6) is -0.166. The highest BCUT2D eigenvalue weighted by Gasteiger charge is 2.32. The zero-order valence-electron chi connectivity index (χ0n) is 21.1. The molecular weight excluding hydrogens is 500 g/mol. The second-order valence-corrected chi connectivity index (χ2v) is 11.0. The lowest BCUT2D eigenvalue weighted by molar-refractivity contribution is -0.141. The first-order chi connectivity index (χ1) is 16.6. The molecule has 3 rings (SSSR count). The fourth-order valence-electron chi connectivity index (χ4n) is 3.94. The smallest absolute Gasteiger partial charge is 0.243 e. The predicted molar refractivity (Wildman–Crippen MR) is 146 cm³/mol. The van der Waals surface area contributed by atoms with Crippen LogP contribution in [-0.2, 0) is 29.0 Å². The van der Waals surface area contributed by atoms with E-state index < -0.39 is 11.6 Å². The van der Waals surface area contributed by atoms with Gasteiger partial charge >= 0.3 is 0 Å². The summed E-state index contributed by atoms with van der Waals surface area (Å²) in [6.45, 7) is 8.31. The standard InChI is InChI=1S/C30H35BrN2O2/c1-22-10-12-23(13-11-22)16-19-28(34)33(21-25-14-17-26(31)18-15-25)27(29(35)32-30(2,3)4)20-24-8-6-5-7-9-24/h5-15,17-18,27H,16,19-21H2,1-4H3,(H,32,35)/t27-/m1/s1. The Morgan fingerprint density at radius 2 is 1.46 bits per heavy atom. The summed E-state index contributed by atoms with van der Waals surface area (Å²) >= 11 is 3.48. The Hall–Kier alpha value is -2.92. The average molecular weight is 536 g/mol. The van der Waals surface area contributed by atoms with Crippen molar-refractivity contribution in [3.05, 3.63) is 106 Å². The van der Waals surface area contributed by atoms with Gasteiger partial charge in [-0.05, 0) is 62.9 Å². The Kier molecular flexibility index (Phi) is 9.27. The molecule has 0 aliphatic heterocycles. The molecule has 35 heavy (non-hydrogen) atoms. The van der Waals surface area contributed by atoms with E-state index in [4.69, 9.17) is 0 Å². The second kappa shape index (κ2) is 12.2. The largest absolute Gasteiger partial charge is 0.350 e. The molecule has 0 bridgehead atoms. The van der Waals surface area contributed by atoms with E-state index in [1.807, 2.05) is 75.4 Å². The molecule has 0 aliphatic rings. The van der Waals surface area contributed by atoms with Crippen molar-refractivity contribution in [2.45, 2.75) is 65.1 Å². The molecule has 184 valence electrons. The summed E-state index contributed by atoms with van der Waals surface area (Å²) in [5, 5.41) is 3.11. The van der Waals surface area contributed by atoms with Crippen LogP contribution in [0.3, 0.4) is 0 Å². The van der Waals surface area contributed by atoms with Crippen LogP contribution < -0.4 is 5.32 Å². The Morgan fingerprint density at radius 1 is 0.857 bits per heavy atom. The minimum atomic E-state index is -0.620. The van der Waals surface area contributed by atoms with Crippen molar-refractivity contribution in [1.29, 1.82) is 0 Å². The molecule has 4 nitrogen and oxygen atoms in total. The number of amides is 2. The summed E-state index contributed by atoms with van der Waals surface area (Å²) < 4.78 is 0.977. The van der Waals surface area contributed by atoms with Crippen molar-refractivity contribution in [3.8, 4) is 0 Å². The molecule has 3 aromatic carbocycles. The number of carbonyl (C=O) groups excluding carboxylic acids is 2. The molecule has 0 saturated heterocycles. The van der Waals surface area contributed by atoms with E-state index in [0.29, 0.717) is 25.8 Å². The molecule has 0 aromatic heterocycles. The van der Waals surface area contributed by atoms with Crippen LogP contribution in [0.2, 0.25) is 0 Å². The lowest BCUT2D eigenvalue weighted by Gasteiger charge is -2.34. The predicted octanol–water partition coefficient (Wildman–Crippen LogP) is 6.24. The second-order valence-electron chi connectivity index (χ2n) is 10.1. The van der Waals surface area contributed by atoms with Crippen LogP contribution in [0, 0.1) is 6.92 Å². The van der Waals surface area contributed by atoms with E-state index in [-0.39, 0.29) is 11.8 Å². The Morgan fingerprint density at radius 3 is 2.06 bits per heavy atom. The van der Waals surface area contributed by atoms with Crippen LogP contribution in [0.5, 0.6) is 0 Å². The van der Waals surface area contributed by atoms with Gasteiger partial charge in [0.1, 0.15) is 6.04 Å². The number of hydrogen-bond donors (Lipinski definition) is 1. The number of nitrogens with one attached hydrogen (secondary N) is 1. The molecule has 0 unspecified atom stereocenters. The first kappa shape index (κ1) is 26.7. The molecular formula is C30H35BrN2O2. The van der Waals surface area contributed by atoms with Gasteiger partial charge < -0.3 is 10.2 Å². The van der Waals surface area contributed by atoms with Crippen molar-refractivity contribution in [1.82, 2.24) is 10.2 Å². The molecule has 0 spiro atoms. The molecule has 1 N–H and O–H groups in total. The summed E-state index contributed by atoms with van der Waals surface area (Å²) in [7, 11) is 0. The van der Waals surface area contributed by atoms with E-state index >= 15 is 0 Å². The van der Waals surface area contributed by atoms with Gasteiger partial charge in [-0.15, -0.1) is 0 Å². The highest BCUT2D eigenvalue weighted by Crippen LogP contribution is 2.19. The number of nitrogens with zero attached hydrogens (tertiary/aromatic N) is 1. The minimum Gasteiger partial charge on any atom is -0.350 e. The average Bonchev–Trinajstić information content (AvgIpc) is 2.81. The number of rotatable bonds is 9. The van der Waals surface area contributed by atoms with Gasteiger partial charge in [-0.2, -0.15) is 0 Å². The minimum absolute atomic E-state index is 0.0292. The zero-order valence-corrected chi connectivity index (χ0v) is 22.6. The van der Waals surface area contributed by atoms with Crippen LogP contribution in [-0.4, -0.2) is 28.3 Å². The molecule has 0 saturated carbocycles. The number of aryl methyl sites for hydroxylation is 2. The SMILES string of the molecule is Cc1ccc(CCC(=O)N(Cc2ccc(Br)cc2)[C@H](Cc2ccccc2)C(=O)NC(C)(C)C)cc1. The fourth-order valence-corrected chi connectivity index (χ4v) is 4.21. The zero-order chi connectivity index (χ0) is 25.4. The van der Waals surface area contributed by atoms with Crippen LogP contribution in [0.15, 0.2) is 83.3 Å². The van der Waals surface area contributed by atoms with Crippen LogP contribution in [0.1, 0.15) is 49.4 Å². The van der Waals surface area contributed by atoms with E-state index in [1.54, 1.807) is 4.90 Å². The summed E-state index contributed by atoms with van der Waals surface area (Å²) in [5.41, 5.74) is 3.91. The van der Waals surface area contributed by atoms with Gasteiger partial charge in [0.05, 0.1) is 0 Å². The third kappa shape index (κ3) is 8.66. The highest BCUT2D eigenvalue weighted by molar-refractivity contribution is 9.10. The van der Waals surface area contributed by atoms with Gasteiger partial charge in [0, 0.05) is 29.4 Å². The highest BCUT2D eigenvalue weighted by atomic mass is 79.9. The van der Waals surface area contributed by atoms with Gasteiger partial charge in [-0.3, -0.25) is 9.59 Å². The summed E-state index contributed by atoms with van der Waals surface area (Å²) in [6.07, 6.45) is 1.43. The van der Waals surface area contributed by atoms with Crippen molar-refractivity contribution in [3.63, 3.8) is 0 Å². The lowest BCUT2D eigenvalue weighted by atomic mass is 9.99. The molecule has 0 radical (unpaired) electrons. The quantitative estimate of drug-likeness (QED) is 0.353. The Bertz CT molecular complexity index is 1100. The van der Waals surface area contributed by atoms with Gasteiger partial charge in [0.2, 0.25) is 11.8 Å². The maximum atomic E-state index is 13.7. The third-order valence-electron chi connectivity index (χ3n) is 5.78. The first-order valence-electron chi connectivity index (χ1n) is 12.1. The van der Waals surface area contributed by atoms with Crippen molar-refractivity contribution in [2.24, 2.45) is 0 Å². The van der Waals surface area contributed by atoms with Crippen molar-refractivity contribution < 1.29 is 9.59 Å².